The summed E-state index contributed by atoms with van der Waals surface area (Å²) in [6.45, 7) is 4.13. The summed E-state index contributed by atoms with van der Waals surface area (Å²) in [5, 5.41) is 10.9. The quantitative estimate of drug-likeness (QED) is 0.599. The van der Waals surface area contributed by atoms with Crippen LogP contribution in [0, 0.1) is 13.8 Å². The molecule has 0 unspecified atom stereocenters. The van der Waals surface area contributed by atoms with Crippen LogP contribution in [0.4, 0.5) is 0 Å². The maximum atomic E-state index is 12.6. The fourth-order valence-electron chi connectivity index (χ4n) is 2.90. The Bertz CT molecular complexity index is 1120. The monoisotopic (exact) mass is 359 g/mol. The van der Waals surface area contributed by atoms with Crippen LogP contribution in [0.25, 0.3) is 17.0 Å². The summed E-state index contributed by atoms with van der Waals surface area (Å²) in [6.07, 6.45) is 5.17. The SMILES string of the molecule is Cc1cc(C)n2c(C(=O)NCc3ccnc(-c4ccncc4)c3)nnc2n1. The lowest BCUT2D eigenvalue weighted by molar-refractivity contribution is 0.0939. The van der Waals surface area contributed by atoms with Gasteiger partial charge < -0.3 is 5.32 Å². The third kappa shape index (κ3) is 3.37. The largest absolute Gasteiger partial charge is 0.345 e. The van der Waals surface area contributed by atoms with Crippen molar-refractivity contribution in [3.8, 4) is 11.3 Å². The molecular weight excluding hydrogens is 342 g/mol. The van der Waals surface area contributed by atoms with Crippen molar-refractivity contribution in [3.63, 3.8) is 0 Å². The summed E-state index contributed by atoms with van der Waals surface area (Å²) in [7, 11) is 0. The molecule has 4 aromatic rings. The fraction of sp³-hybridized carbons (Fsp3) is 0.158. The Kier molecular flexibility index (Phi) is 4.29. The molecule has 134 valence electrons. The highest BCUT2D eigenvalue weighted by Gasteiger charge is 2.16. The number of fused-ring (bicyclic) bond motifs is 1. The summed E-state index contributed by atoms with van der Waals surface area (Å²) < 4.78 is 1.65. The summed E-state index contributed by atoms with van der Waals surface area (Å²) >= 11 is 0. The molecule has 0 aliphatic carbocycles. The van der Waals surface area contributed by atoms with Crippen LogP contribution < -0.4 is 5.32 Å². The molecule has 27 heavy (non-hydrogen) atoms. The van der Waals surface area contributed by atoms with Gasteiger partial charge in [0.05, 0.1) is 5.69 Å². The van der Waals surface area contributed by atoms with Crippen molar-refractivity contribution in [1.29, 1.82) is 0 Å². The summed E-state index contributed by atoms with van der Waals surface area (Å²) in [5.74, 6) is 0.332. The molecule has 1 amide bonds. The molecule has 0 fully saturated rings. The number of aromatic nitrogens is 6. The van der Waals surface area contributed by atoms with Gasteiger partial charge in [-0.25, -0.2) is 4.98 Å². The lowest BCUT2D eigenvalue weighted by Gasteiger charge is -2.07. The van der Waals surface area contributed by atoms with Crippen LogP contribution in [0.1, 0.15) is 27.6 Å². The van der Waals surface area contributed by atoms with Gasteiger partial charge in [0.2, 0.25) is 5.82 Å². The molecule has 0 aromatic carbocycles. The zero-order chi connectivity index (χ0) is 18.8. The molecule has 4 aromatic heterocycles. The number of amides is 1. The van der Waals surface area contributed by atoms with Crippen molar-refractivity contribution < 1.29 is 4.79 Å². The van der Waals surface area contributed by atoms with Crippen LogP contribution >= 0.6 is 0 Å². The zero-order valence-electron chi connectivity index (χ0n) is 14.9. The highest BCUT2D eigenvalue weighted by Crippen LogP contribution is 2.16. The highest BCUT2D eigenvalue weighted by atomic mass is 16.2. The van der Waals surface area contributed by atoms with E-state index in [2.05, 4.69) is 30.5 Å². The van der Waals surface area contributed by atoms with Crippen molar-refractivity contribution in [2.75, 3.05) is 0 Å². The lowest BCUT2D eigenvalue weighted by Crippen LogP contribution is -2.25. The molecular formula is C19H17N7O. The van der Waals surface area contributed by atoms with E-state index in [-0.39, 0.29) is 11.7 Å². The van der Waals surface area contributed by atoms with E-state index in [1.807, 2.05) is 44.2 Å². The lowest BCUT2D eigenvalue weighted by atomic mass is 10.1. The topological polar surface area (TPSA) is 98.0 Å². The summed E-state index contributed by atoms with van der Waals surface area (Å²) in [4.78, 5) is 25.3. The van der Waals surface area contributed by atoms with Crippen LogP contribution in [-0.2, 0) is 6.54 Å². The first-order valence-electron chi connectivity index (χ1n) is 8.45. The molecule has 4 rings (SSSR count). The number of pyridine rings is 2. The van der Waals surface area contributed by atoms with Crippen molar-refractivity contribution >= 4 is 11.7 Å². The van der Waals surface area contributed by atoms with Gasteiger partial charge in [-0.05, 0) is 49.7 Å². The molecule has 0 atom stereocenters. The van der Waals surface area contributed by atoms with Gasteiger partial charge in [-0.3, -0.25) is 19.2 Å². The van der Waals surface area contributed by atoms with Crippen LogP contribution in [-0.4, -0.2) is 35.5 Å². The third-order valence-electron chi connectivity index (χ3n) is 4.15. The molecule has 0 saturated carbocycles. The molecule has 1 N–H and O–H groups in total. The first-order chi connectivity index (χ1) is 13.1. The Labute approximate surface area is 155 Å². The van der Waals surface area contributed by atoms with Gasteiger partial charge in [0.15, 0.2) is 0 Å². The number of hydrogen-bond acceptors (Lipinski definition) is 6. The van der Waals surface area contributed by atoms with Crippen LogP contribution in [0.2, 0.25) is 0 Å². The Morgan fingerprint density at radius 2 is 1.89 bits per heavy atom. The second-order valence-corrected chi connectivity index (χ2v) is 6.17. The molecule has 0 radical (unpaired) electrons. The van der Waals surface area contributed by atoms with Crippen molar-refractivity contribution in [2.24, 2.45) is 0 Å². The van der Waals surface area contributed by atoms with E-state index in [0.717, 1.165) is 28.2 Å². The van der Waals surface area contributed by atoms with Crippen molar-refractivity contribution in [3.05, 3.63) is 71.7 Å². The van der Waals surface area contributed by atoms with Crippen LogP contribution in [0.5, 0.6) is 0 Å². The van der Waals surface area contributed by atoms with Gasteiger partial charge >= 0.3 is 0 Å². The minimum absolute atomic E-state index is 0.221. The van der Waals surface area contributed by atoms with Gasteiger partial charge in [0.1, 0.15) is 0 Å². The van der Waals surface area contributed by atoms with Gasteiger partial charge in [-0.1, -0.05) is 0 Å². The first-order valence-corrected chi connectivity index (χ1v) is 8.45. The maximum Gasteiger partial charge on any atom is 0.289 e. The van der Waals surface area contributed by atoms with E-state index in [9.17, 15) is 4.79 Å². The van der Waals surface area contributed by atoms with Crippen molar-refractivity contribution in [2.45, 2.75) is 20.4 Å². The Morgan fingerprint density at radius 1 is 1.07 bits per heavy atom. The summed E-state index contributed by atoms with van der Waals surface area (Å²) in [5.41, 5.74) is 4.42. The van der Waals surface area contributed by atoms with E-state index in [1.165, 1.54) is 0 Å². The number of carbonyl (C=O) groups is 1. The molecule has 0 aliphatic rings. The number of nitrogens with zero attached hydrogens (tertiary/aromatic N) is 6. The number of nitrogens with one attached hydrogen (secondary N) is 1. The normalized spacial score (nSPS) is 10.9. The van der Waals surface area contributed by atoms with E-state index in [0.29, 0.717) is 12.3 Å². The molecule has 4 heterocycles. The number of carbonyl (C=O) groups excluding carboxylic acids is 1. The first kappa shape index (κ1) is 16.8. The maximum absolute atomic E-state index is 12.6. The predicted octanol–water partition coefficient (Wildman–Crippen LogP) is 2.13. The fourth-order valence-corrected chi connectivity index (χ4v) is 2.90. The highest BCUT2D eigenvalue weighted by molar-refractivity contribution is 5.91. The number of aryl methyl sites for hydroxylation is 2. The van der Waals surface area contributed by atoms with E-state index in [4.69, 9.17) is 0 Å². The molecule has 0 aliphatic heterocycles. The third-order valence-corrected chi connectivity index (χ3v) is 4.15. The van der Waals surface area contributed by atoms with E-state index < -0.39 is 0 Å². The smallest absolute Gasteiger partial charge is 0.289 e. The molecule has 0 bridgehead atoms. The van der Waals surface area contributed by atoms with Crippen molar-refractivity contribution in [1.82, 2.24) is 34.9 Å². The predicted molar refractivity (Wildman–Crippen MR) is 98.9 cm³/mol. The van der Waals surface area contributed by atoms with Gasteiger partial charge in [0, 0.05) is 42.1 Å². The molecule has 8 heteroatoms. The second-order valence-electron chi connectivity index (χ2n) is 6.17. The van der Waals surface area contributed by atoms with E-state index >= 15 is 0 Å². The van der Waals surface area contributed by atoms with Crippen LogP contribution in [0.15, 0.2) is 48.9 Å². The molecule has 0 spiro atoms. The Balaban J connectivity index is 1.54. The Morgan fingerprint density at radius 3 is 2.70 bits per heavy atom. The number of rotatable bonds is 4. The van der Waals surface area contributed by atoms with E-state index in [1.54, 1.807) is 23.0 Å². The minimum Gasteiger partial charge on any atom is -0.345 e. The standard InChI is InChI=1S/C19H17N7O/c1-12-9-13(2)26-17(24-25-19(26)23-12)18(27)22-11-14-3-8-21-16(10-14)15-4-6-20-7-5-15/h3-10H,11H2,1-2H3,(H,22,27). The minimum atomic E-state index is -0.307. The number of hydrogen-bond donors (Lipinski definition) is 1. The second kappa shape index (κ2) is 6.91. The molecule has 8 nitrogen and oxygen atoms in total. The summed E-state index contributed by atoms with van der Waals surface area (Å²) in [6, 6.07) is 9.48. The Hall–Kier alpha value is -3.68. The van der Waals surface area contributed by atoms with Gasteiger partial charge in [0.25, 0.3) is 11.7 Å². The zero-order valence-corrected chi connectivity index (χ0v) is 14.9. The van der Waals surface area contributed by atoms with Crippen LogP contribution in [0.3, 0.4) is 0 Å². The average molecular weight is 359 g/mol. The molecule has 0 saturated heterocycles. The van der Waals surface area contributed by atoms with Gasteiger partial charge in [-0.15, -0.1) is 10.2 Å². The van der Waals surface area contributed by atoms with Gasteiger partial charge in [-0.2, -0.15) is 0 Å². The average Bonchev–Trinajstić information content (AvgIpc) is 3.11.